The SMILES string of the molecule is CC(C)(C)OC(=O)N1CCC(c2nnc3c(Nc4ccc(S(C)(=O)=O)c(F)c4)nccn23)CC1. The summed E-state index contributed by atoms with van der Waals surface area (Å²) in [5.41, 5.74) is 0.252. The lowest BCUT2D eigenvalue weighted by atomic mass is 9.96. The number of likely N-dealkylation sites (tertiary alicyclic amines) is 1. The van der Waals surface area contributed by atoms with Crippen molar-refractivity contribution in [2.75, 3.05) is 24.7 Å². The molecule has 0 radical (unpaired) electrons. The van der Waals surface area contributed by atoms with Gasteiger partial charge in [0, 0.05) is 43.3 Å². The molecule has 1 aliphatic heterocycles. The molecule has 0 spiro atoms. The van der Waals surface area contributed by atoms with E-state index in [0.29, 0.717) is 43.1 Å². The highest BCUT2D eigenvalue weighted by Crippen LogP contribution is 2.30. The van der Waals surface area contributed by atoms with E-state index in [9.17, 15) is 17.6 Å². The molecule has 1 saturated heterocycles. The first kappa shape index (κ1) is 23.9. The van der Waals surface area contributed by atoms with Gasteiger partial charge in [-0.1, -0.05) is 0 Å². The lowest BCUT2D eigenvalue weighted by molar-refractivity contribution is 0.0203. The van der Waals surface area contributed by atoms with Crippen LogP contribution in [0.2, 0.25) is 0 Å². The van der Waals surface area contributed by atoms with Crippen LogP contribution in [-0.2, 0) is 14.6 Å². The maximum atomic E-state index is 14.3. The molecule has 1 fully saturated rings. The van der Waals surface area contributed by atoms with Crippen LogP contribution in [0, 0.1) is 5.82 Å². The van der Waals surface area contributed by atoms with E-state index < -0.39 is 21.3 Å². The molecule has 1 aliphatic rings. The van der Waals surface area contributed by atoms with E-state index in [4.69, 9.17) is 4.74 Å². The van der Waals surface area contributed by atoms with Gasteiger partial charge in [0.25, 0.3) is 0 Å². The molecule has 1 aromatic carbocycles. The Morgan fingerprint density at radius 1 is 1.21 bits per heavy atom. The maximum absolute atomic E-state index is 14.3. The van der Waals surface area contributed by atoms with Gasteiger partial charge >= 0.3 is 6.09 Å². The summed E-state index contributed by atoms with van der Waals surface area (Å²) in [7, 11) is -3.66. The van der Waals surface area contributed by atoms with Crippen LogP contribution in [-0.4, -0.2) is 63.9 Å². The number of carbonyl (C=O) groups is 1. The van der Waals surface area contributed by atoms with E-state index in [1.807, 2.05) is 25.2 Å². The number of hydrogen-bond acceptors (Lipinski definition) is 8. The number of rotatable bonds is 4. The van der Waals surface area contributed by atoms with Gasteiger partial charge in [0.15, 0.2) is 15.7 Å². The number of nitrogens with zero attached hydrogens (tertiary/aromatic N) is 5. The van der Waals surface area contributed by atoms with Crippen molar-refractivity contribution in [3.63, 3.8) is 0 Å². The number of aromatic nitrogens is 4. The molecule has 0 bridgehead atoms. The van der Waals surface area contributed by atoms with Gasteiger partial charge in [0.1, 0.15) is 22.1 Å². The third-order valence-electron chi connectivity index (χ3n) is 5.46. The minimum atomic E-state index is -3.66. The molecule has 12 heteroatoms. The molecule has 3 aromatic rings. The van der Waals surface area contributed by atoms with E-state index in [0.717, 1.165) is 18.1 Å². The number of sulfone groups is 1. The van der Waals surface area contributed by atoms with Gasteiger partial charge < -0.3 is 15.0 Å². The van der Waals surface area contributed by atoms with Gasteiger partial charge in [0.2, 0.25) is 5.65 Å². The summed E-state index contributed by atoms with van der Waals surface area (Å²) in [6, 6.07) is 3.78. The molecule has 0 unspecified atom stereocenters. The van der Waals surface area contributed by atoms with Crippen LogP contribution in [0.25, 0.3) is 5.65 Å². The van der Waals surface area contributed by atoms with E-state index in [1.54, 1.807) is 17.3 Å². The summed E-state index contributed by atoms with van der Waals surface area (Å²) < 4.78 is 44.9. The standard InChI is InChI=1S/C22H27FN6O4S/c1-22(2,3)33-21(30)28-10-7-14(8-11-28)19-26-27-20-18(24-9-12-29(19)20)25-15-5-6-17(16(23)13-15)34(4,31)32/h5-6,9,12-14H,7-8,10-11H2,1-4H3,(H,24,25). The highest BCUT2D eigenvalue weighted by Gasteiger charge is 2.30. The molecule has 1 amide bonds. The summed E-state index contributed by atoms with van der Waals surface area (Å²) in [6.07, 6.45) is 5.40. The number of carbonyl (C=O) groups excluding carboxylic acids is 1. The Kier molecular flexibility index (Phi) is 6.19. The third kappa shape index (κ3) is 5.11. The minimum absolute atomic E-state index is 0.0930. The molecular weight excluding hydrogens is 463 g/mol. The summed E-state index contributed by atoms with van der Waals surface area (Å²) in [4.78, 5) is 18.0. The Bertz CT molecular complexity index is 1330. The van der Waals surface area contributed by atoms with Crippen molar-refractivity contribution >= 4 is 33.1 Å². The largest absolute Gasteiger partial charge is 0.444 e. The number of fused-ring (bicyclic) bond motifs is 1. The van der Waals surface area contributed by atoms with E-state index in [1.165, 1.54) is 12.1 Å². The van der Waals surface area contributed by atoms with Gasteiger partial charge in [-0.3, -0.25) is 4.40 Å². The average Bonchev–Trinajstić information content (AvgIpc) is 3.17. The van der Waals surface area contributed by atoms with Gasteiger partial charge in [-0.05, 0) is 51.8 Å². The van der Waals surface area contributed by atoms with Crippen molar-refractivity contribution in [2.24, 2.45) is 0 Å². The Balaban J connectivity index is 1.51. The van der Waals surface area contributed by atoms with Gasteiger partial charge in [-0.15, -0.1) is 10.2 Å². The average molecular weight is 491 g/mol. The number of piperidine rings is 1. The predicted molar refractivity (Wildman–Crippen MR) is 123 cm³/mol. The molecule has 34 heavy (non-hydrogen) atoms. The van der Waals surface area contributed by atoms with Gasteiger partial charge in [-0.25, -0.2) is 22.6 Å². The number of nitrogens with one attached hydrogen (secondary N) is 1. The van der Waals surface area contributed by atoms with Crippen LogP contribution < -0.4 is 5.32 Å². The number of ether oxygens (including phenoxy) is 1. The van der Waals surface area contributed by atoms with Crippen molar-refractivity contribution in [3.05, 3.63) is 42.2 Å². The van der Waals surface area contributed by atoms with Gasteiger partial charge in [-0.2, -0.15) is 0 Å². The number of halogens is 1. The second-order valence-electron chi connectivity index (χ2n) is 9.31. The van der Waals surface area contributed by atoms with E-state index in [2.05, 4.69) is 20.5 Å². The number of benzene rings is 1. The molecule has 182 valence electrons. The Morgan fingerprint density at radius 3 is 2.53 bits per heavy atom. The summed E-state index contributed by atoms with van der Waals surface area (Å²) in [6.45, 7) is 6.63. The molecule has 0 aliphatic carbocycles. The molecule has 3 heterocycles. The molecule has 1 N–H and O–H groups in total. The van der Waals surface area contributed by atoms with Crippen molar-refractivity contribution < 1.29 is 22.3 Å². The second-order valence-corrected chi connectivity index (χ2v) is 11.3. The number of amides is 1. The molecule has 0 atom stereocenters. The number of anilines is 2. The molecule has 2 aromatic heterocycles. The molecule has 10 nitrogen and oxygen atoms in total. The lowest BCUT2D eigenvalue weighted by Crippen LogP contribution is -2.41. The van der Waals surface area contributed by atoms with Gasteiger partial charge in [0.05, 0.1) is 0 Å². The van der Waals surface area contributed by atoms with Crippen LogP contribution in [0.3, 0.4) is 0 Å². The zero-order valence-electron chi connectivity index (χ0n) is 19.4. The van der Waals surface area contributed by atoms with Crippen LogP contribution in [0.4, 0.5) is 20.7 Å². The van der Waals surface area contributed by atoms with Crippen molar-refractivity contribution in [1.29, 1.82) is 0 Å². The molecular formula is C22H27FN6O4S. The Morgan fingerprint density at radius 2 is 1.91 bits per heavy atom. The van der Waals surface area contributed by atoms with E-state index in [-0.39, 0.29) is 16.9 Å². The van der Waals surface area contributed by atoms with E-state index >= 15 is 0 Å². The molecule has 0 saturated carbocycles. The smallest absolute Gasteiger partial charge is 0.410 e. The number of hydrogen-bond donors (Lipinski definition) is 1. The van der Waals surface area contributed by atoms with Crippen molar-refractivity contribution in [1.82, 2.24) is 24.5 Å². The fourth-order valence-electron chi connectivity index (χ4n) is 3.87. The quantitative estimate of drug-likeness (QED) is 0.590. The monoisotopic (exact) mass is 490 g/mol. The fraction of sp³-hybridized carbons (Fsp3) is 0.455. The lowest BCUT2D eigenvalue weighted by Gasteiger charge is -2.32. The Labute approximate surface area is 197 Å². The normalized spacial score (nSPS) is 15.5. The zero-order valence-corrected chi connectivity index (χ0v) is 20.3. The maximum Gasteiger partial charge on any atom is 0.410 e. The summed E-state index contributed by atoms with van der Waals surface area (Å²) in [5, 5.41) is 11.6. The van der Waals surface area contributed by atoms with Crippen LogP contribution >= 0.6 is 0 Å². The first-order valence-corrected chi connectivity index (χ1v) is 12.8. The third-order valence-corrected chi connectivity index (χ3v) is 6.59. The zero-order chi connectivity index (χ0) is 24.7. The van der Waals surface area contributed by atoms with Crippen molar-refractivity contribution in [2.45, 2.75) is 50.0 Å². The highest BCUT2D eigenvalue weighted by atomic mass is 32.2. The topological polar surface area (TPSA) is 119 Å². The van der Waals surface area contributed by atoms with Crippen LogP contribution in [0.1, 0.15) is 45.4 Å². The highest BCUT2D eigenvalue weighted by molar-refractivity contribution is 7.90. The summed E-state index contributed by atoms with van der Waals surface area (Å²) >= 11 is 0. The fourth-order valence-corrected chi connectivity index (χ4v) is 4.60. The first-order valence-electron chi connectivity index (χ1n) is 10.9. The van der Waals surface area contributed by atoms with Crippen LogP contribution in [0.15, 0.2) is 35.5 Å². The Hall–Kier alpha value is -3.28. The van der Waals surface area contributed by atoms with Crippen LogP contribution in [0.5, 0.6) is 0 Å². The summed E-state index contributed by atoms with van der Waals surface area (Å²) in [5.74, 6) is 0.357. The first-order chi connectivity index (χ1) is 15.9. The second kappa shape index (κ2) is 8.82. The predicted octanol–water partition coefficient (Wildman–Crippen LogP) is 3.53. The minimum Gasteiger partial charge on any atom is -0.444 e. The van der Waals surface area contributed by atoms with Crippen molar-refractivity contribution in [3.8, 4) is 0 Å². The molecule has 4 rings (SSSR count).